The molecule has 2 aromatic carbocycles. The Morgan fingerprint density at radius 1 is 1.08 bits per heavy atom. The topological polar surface area (TPSA) is 46.4 Å². The summed E-state index contributed by atoms with van der Waals surface area (Å²) in [5.74, 6) is -0.343. The van der Waals surface area contributed by atoms with E-state index in [0.29, 0.717) is 10.6 Å². The fraction of sp³-hybridized carbons (Fsp3) is 0.100. The van der Waals surface area contributed by atoms with Gasteiger partial charge in [0.25, 0.3) is 5.91 Å². The SMILES string of the molecule is Cc1ccc(C)n1-c1ccc(C(=O)N/N=C\c2ccc(I)cc2)c(Cl)c1. The lowest BCUT2D eigenvalue weighted by molar-refractivity contribution is 0.0955. The molecule has 0 saturated heterocycles. The zero-order valence-electron chi connectivity index (χ0n) is 14.3. The molecule has 1 N–H and O–H groups in total. The highest BCUT2D eigenvalue weighted by Crippen LogP contribution is 2.23. The van der Waals surface area contributed by atoms with E-state index in [-0.39, 0.29) is 5.91 Å². The van der Waals surface area contributed by atoms with Gasteiger partial charge in [0.1, 0.15) is 0 Å². The van der Waals surface area contributed by atoms with Crippen LogP contribution >= 0.6 is 34.2 Å². The van der Waals surface area contributed by atoms with Gasteiger partial charge in [0.2, 0.25) is 0 Å². The predicted octanol–water partition coefficient (Wildman–Crippen LogP) is 5.12. The van der Waals surface area contributed by atoms with Gasteiger partial charge < -0.3 is 4.57 Å². The van der Waals surface area contributed by atoms with Crippen molar-refractivity contribution < 1.29 is 4.79 Å². The van der Waals surface area contributed by atoms with E-state index in [1.54, 1.807) is 18.3 Å². The van der Waals surface area contributed by atoms with Gasteiger partial charge in [-0.15, -0.1) is 0 Å². The molecule has 0 spiro atoms. The van der Waals surface area contributed by atoms with E-state index >= 15 is 0 Å². The van der Waals surface area contributed by atoms with Crippen molar-refractivity contribution in [3.05, 3.63) is 85.7 Å². The summed E-state index contributed by atoms with van der Waals surface area (Å²) in [5.41, 5.74) is 6.96. The highest BCUT2D eigenvalue weighted by Gasteiger charge is 2.12. The number of benzene rings is 2. The quantitative estimate of drug-likeness (QED) is 0.317. The van der Waals surface area contributed by atoms with Crippen molar-refractivity contribution in [3.8, 4) is 5.69 Å². The Morgan fingerprint density at radius 3 is 2.35 bits per heavy atom. The summed E-state index contributed by atoms with van der Waals surface area (Å²) in [6, 6.07) is 17.3. The standard InChI is InChI=1S/C20H17ClIN3O/c1-13-3-4-14(2)25(13)17-9-10-18(19(21)11-17)20(26)24-23-12-15-5-7-16(22)8-6-15/h3-12H,1-2H3,(H,24,26)/b23-12-. The van der Waals surface area contributed by atoms with Crippen LogP contribution in [-0.2, 0) is 0 Å². The monoisotopic (exact) mass is 477 g/mol. The first kappa shape index (κ1) is 18.7. The molecule has 0 aliphatic rings. The first-order chi connectivity index (χ1) is 12.5. The molecule has 0 aliphatic carbocycles. The van der Waals surface area contributed by atoms with Gasteiger partial charge >= 0.3 is 0 Å². The summed E-state index contributed by atoms with van der Waals surface area (Å²) in [7, 11) is 0. The number of nitrogens with zero attached hydrogens (tertiary/aromatic N) is 2. The molecule has 0 bridgehead atoms. The second kappa shape index (κ2) is 8.05. The van der Waals surface area contributed by atoms with Gasteiger partial charge in [0.05, 0.1) is 16.8 Å². The van der Waals surface area contributed by atoms with Crippen molar-refractivity contribution in [1.29, 1.82) is 0 Å². The van der Waals surface area contributed by atoms with Crippen LogP contribution in [0.15, 0.2) is 59.7 Å². The van der Waals surface area contributed by atoms with Crippen molar-refractivity contribution in [2.24, 2.45) is 5.10 Å². The first-order valence-electron chi connectivity index (χ1n) is 7.99. The van der Waals surface area contributed by atoms with Crippen molar-refractivity contribution in [3.63, 3.8) is 0 Å². The van der Waals surface area contributed by atoms with Crippen molar-refractivity contribution in [2.75, 3.05) is 0 Å². The molecule has 1 aromatic heterocycles. The summed E-state index contributed by atoms with van der Waals surface area (Å²) in [5, 5.41) is 4.38. The van der Waals surface area contributed by atoms with Gasteiger partial charge in [-0.2, -0.15) is 5.10 Å². The molecule has 0 atom stereocenters. The van der Waals surface area contributed by atoms with Crippen LogP contribution in [0.5, 0.6) is 0 Å². The highest BCUT2D eigenvalue weighted by molar-refractivity contribution is 14.1. The Kier molecular flexibility index (Phi) is 5.78. The van der Waals surface area contributed by atoms with Gasteiger partial charge in [-0.3, -0.25) is 4.79 Å². The van der Waals surface area contributed by atoms with Crippen LogP contribution < -0.4 is 5.43 Å². The van der Waals surface area contributed by atoms with Crippen LogP contribution in [0, 0.1) is 17.4 Å². The minimum atomic E-state index is -0.343. The average Bonchev–Trinajstić information content (AvgIpc) is 2.95. The van der Waals surface area contributed by atoms with Crippen LogP contribution in [0.3, 0.4) is 0 Å². The van der Waals surface area contributed by atoms with E-state index in [0.717, 1.165) is 26.2 Å². The molecule has 132 valence electrons. The molecule has 4 nitrogen and oxygen atoms in total. The Bertz CT molecular complexity index is 958. The van der Waals surface area contributed by atoms with Gasteiger partial charge in [-0.05, 0) is 84.5 Å². The molecule has 0 saturated carbocycles. The predicted molar refractivity (Wildman–Crippen MR) is 114 cm³/mol. The number of amides is 1. The van der Waals surface area contributed by atoms with Gasteiger partial charge in [0.15, 0.2) is 0 Å². The van der Waals surface area contributed by atoms with Crippen LogP contribution in [0.2, 0.25) is 5.02 Å². The lowest BCUT2D eigenvalue weighted by atomic mass is 10.2. The summed E-state index contributed by atoms with van der Waals surface area (Å²) in [6.45, 7) is 4.06. The van der Waals surface area contributed by atoms with E-state index in [9.17, 15) is 4.79 Å². The zero-order chi connectivity index (χ0) is 18.7. The Labute approximate surface area is 171 Å². The maximum Gasteiger partial charge on any atom is 0.272 e. The maximum absolute atomic E-state index is 12.3. The van der Waals surface area contributed by atoms with E-state index in [1.807, 2.05) is 56.3 Å². The minimum Gasteiger partial charge on any atom is -0.318 e. The molecule has 0 radical (unpaired) electrons. The number of carbonyl (C=O) groups is 1. The lowest BCUT2D eigenvalue weighted by Crippen LogP contribution is -2.18. The highest BCUT2D eigenvalue weighted by atomic mass is 127. The zero-order valence-corrected chi connectivity index (χ0v) is 17.2. The number of aryl methyl sites for hydroxylation is 2. The van der Waals surface area contributed by atoms with Crippen LogP contribution in [-0.4, -0.2) is 16.7 Å². The summed E-state index contributed by atoms with van der Waals surface area (Å²) in [4.78, 5) is 12.3. The van der Waals surface area contributed by atoms with E-state index in [2.05, 4.69) is 37.7 Å². The third kappa shape index (κ3) is 4.16. The molecule has 0 fully saturated rings. The fourth-order valence-electron chi connectivity index (χ4n) is 2.68. The number of nitrogens with one attached hydrogen (secondary N) is 1. The number of aromatic nitrogens is 1. The van der Waals surface area contributed by atoms with Gasteiger partial charge in [0, 0.05) is 20.6 Å². The molecule has 1 amide bonds. The first-order valence-corrected chi connectivity index (χ1v) is 9.45. The number of hydrazone groups is 1. The number of hydrogen-bond donors (Lipinski definition) is 1. The largest absolute Gasteiger partial charge is 0.318 e. The second-order valence-corrected chi connectivity index (χ2v) is 7.52. The minimum absolute atomic E-state index is 0.343. The molecule has 1 heterocycles. The lowest BCUT2D eigenvalue weighted by Gasteiger charge is -2.11. The normalized spacial score (nSPS) is 11.1. The third-order valence-electron chi connectivity index (χ3n) is 3.98. The molecular formula is C20H17ClIN3O. The molecule has 6 heteroatoms. The molecule has 0 unspecified atom stereocenters. The van der Waals surface area contributed by atoms with E-state index in [4.69, 9.17) is 11.6 Å². The fourth-order valence-corrected chi connectivity index (χ4v) is 3.30. The summed E-state index contributed by atoms with van der Waals surface area (Å²) < 4.78 is 3.23. The number of rotatable bonds is 4. The molecule has 3 rings (SSSR count). The Hall–Kier alpha value is -2.12. The maximum atomic E-state index is 12.3. The smallest absolute Gasteiger partial charge is 0.272 e. The molecule has 26 heavy (non-hydrogen) atoms. The summed E-state index contributed by atoms with van der Waals surface area (Å²) in [6.07, 6.45) is 1.60. The van der Waals surface area contributed by atoms with Gasteiger partial charge in [-0.1, -0.05) is 23.7 Å². The number of hydrogen-bond acceptors (Lipinski definition) is 2. The Balaban J connectivity index is 1.75. The number of carbonyl (C=O) groups excluding carboxylic acids is 1. The van der Waals surface area contributed by atoms with E-state index < -0.39 is 0 Å². The van der Waals surface area contributed by atoms with Crippen molar-refractivity contribution in [2.45, 2.75) is 13.8 Å². The van der Waals surface area contributed by atoms with E-state index in [1.165, 1.54) is 0 Å². The molecular weight excluding hydrogens is 461 g/mol. The van der Waals surface area contributed by atoms with Crippen molar-refractivity contribution >= 4 is 46.3 Å². The molecule has 3 aromatic rings. The van der Waals surface area contributed by atoms with Crippen molar-refractivity contribution in [1.82, 2.24) is 9.99 Å². The summed E-state index contributed by atoms with van der Waals surface area (Å²) >= 11 is 8.57. The third-order valence-corrected chi connectivity index (χ3v) is 5.01. The molecule has 0 aliphatic heterocycles. The van der Waals surface area contributed by atoms with Gasteiger partial charge in [-0.25, -0.2) is 5.43 Å². The average molecular weight is 478 g/mol. The number of halogens is 2. The second-order valence-electron chi connectivity index (χ2n) is 5.87. The Morgan fingerprint density at radius 2 is 1.73 bits per heavy atom. The van der Waals surface area contributed by atoms with Crippen LogP contribution in [0.1, 0.15) is 27.3 Å². The van der Waals surface area contributed by atoms with Crippen LogP contribution in [0.25, 0.3) is 5.69 Å². The van der Waals surface area contributed by atoms with Crippen LogP contribution in [0.4, 0.5) is 0 Å².